The highest BCUT2D eigenvalue weighted by atomic mass is 32.1. The third-order valence-corrected chi connectivity index (χ3v) is 2.75. The van der Waals surface area contributed by atoms with Crippen LogP contribution in [0, 0.1) is 0 Å². The predicted octanol–water partition coefficient (Wildman–Crippen LogP) is 2.21. The van der Waals surface area contributed by atoms with Crippen LogP contribution in [0.1, 0.15) is 10.5 Å². The summed E-state index contributed by atoms with van der Waals surface area (Å²) in [4.78, 5) is 15.1. The maximum absolute atomic E-state index is 10.8. The first kappa shape index (κ1) is 9.67. The second kappa shape index (κ2) is 3.70. The lowest BCUT2D eigenvalue weighted by Crippen LogP contribution is -1.98. The number of aromatic nitrogens is 1. The molecule has 1 aromatic heterocycles. The average molecular weight is 221 g/mol. The first-order valence-electron chi connectivity index (χ1n) is 4.14. The lowest BCUT2D eigenvalue weighted by atomic mass is 10.1. The predicted molar refractivity (Wildman–Crippen MR) is 56.2 cm³/mol. The van der Waals surface area contributed by atoms with Crippen LogP contribution in [0.2, 0.25) is 0 Å². The van der Waals surface area contributed by atoms with Gasteiger partial charge in [-0.25, -0.2) is 9.78 Å². The third kappa shape index (κ3) is 1.82. The largest absolute Gasteiger partial charge is 0.508 e. The molecule has 0 aliphatic rings. The zero-order valence-electron chi connectivity index (χ0n) is 7.54. The molecule has 1 heterocycles. The molecule has 0 bridgehead atoms. The van der Waals surface area contributed by atoms with Gasteiger partial charge in [-0.05, 0) is 17.7 Å². The number of carbonyl (C=O) groups is 1. The Morgan fingerprint density at radius 2 is 2.20 bits per heavy atom. The number of carboxylic acid groups (broad SMARTS) is 1. The van der Waals surface area contributed by atoms with Crippen molar-refractivity contribution in [2.24, 2.45) is 0 Å². The number of phenolic OH excluding ortho intramolecular Hbond substituents is 1. The van der Waals surface area contributed by atoms with Gasteiger partial charge in [0.25, 0.3) is 0 Å². The van der Waals surface area contributed by atoms with E-state index in [1.807, 2.05) is 0 Å². The summed E-state index contributed by atoms with van der Waals surface area (Å²) in [5.41, 5.74) is 2.16. The van der Waals surface area contributed by atoms with Crippen LogP contribution >= 0.6 is 11.3 Å². The van der Waals surface area contributed by atoms with Crippen LogP contribution in [0.3, 0.4) is 0 Å². The smallest absolute Gasteiger partial charge is 0.356 e. The number of hydrogen-bond acceptors (Lipinski definition) is 4. The number of aromatic hydroxyl groups is 1. The minimum absolute atomic E-state index is 0.0191. The van der Waals surface area contributed by atoms with E-state index in [1.165, 1.54) is 29.0 Å². The van der Waals surface area contributed by atoms with Crippen molar-refractivity contribution in [3.8, 4) is 16.2 Å². The molecule has 4 nitrogen and oxygen atoms in total. The molecule has 1 aromatic carbocycles. The standard InChI is InChI=1S/C10H7NO3S/c12-7-3-1-2-6(4-7)9-8(10(13)14)11-5-15-9/h1-5,12H,(H,13,14). The molecule has 15 heavy (non-hydrogen) atoms. The number of benzene rings is 1. The van der Waals surface area contributed by atoms with Crippen molar-refractivity contribution >= 4 is 17.3 Å². The Morgan fingerprint density at radius 1 is 1.40 bits per heavy atom. The number of nitrogens with zero attached hydrogens (tertiary/aromatic N) is 1. The molecule has 0 radical (unpaired) electrons. The molecule has 0 saturated carbocycles. The van der Waals surface area contributed by atoms with Crippen molar-refractivity contribution in [2.45, 2.75) is 0 Å². The molecule has 2 aromatic rings. The zero-order chi connectivity index (χ0) is 10.8. The second-order valence-corrected chi connectivity index (χ2v) is 3.74. The van der Waals surface area contributed by atoms with Crippen LogP contribution in [0.25, 0.3) is 10.4 Å². The van der Waals surface area contributed by atoms with Gasteiger partial charge in [0, 0.05) is 0 Å². The number of thiazole rings is 1. The van der Waals surface area contributed by atoms with E-state index in [4.69, 9.17) is 5.11 Å². The molecule has 76 valence electrons. The first-order chi connectivity index (χ1) is 7.18. The minimum atomic E-state index is -1.06. The molecule has 0 atom stereocenters. The first-order valence-corrected chi connectivity index (χ1v) is 5.02. The number of rotatable bonds is 2. The molecular weight excluding hydrogens is 214 g/mol. The van der Waals surface area contributed by atoms with Crippen molar-refractivity contribution in [2.75, 3.05) is 0 Å². The number of hydrogen-bond donors (Lipinski definition) is 2. The van der Waals surface area contributed by atoms with Gasteiger partial charge in [0.15, 0.2) is 5.69 Å². The van der Waals surface area contributed by atoms with E-state index in [1.54, 1.807) is 12.1 Å². The lowest BCUT2D eigenvalue weighted by molar-refractivity contribution is 0.0692. The van der Waals surface area contributed by atoms with Crippen molar-refractivity contribution in [3.63, 3.8) is 0 Å². The zero-order valence-corrected chi connectivity index (χ0v) is 8.36. The molecule has 0 fully saturated rings. The third-order valence-electron chi connectivity index (χ3n) is 1.88. The van der Waals surface area contributed by atoms with Crippen molar-refractivity contribution in [1.29, 1.82) is 0 Å². The Bertz CT molecular complexity index is 507. The normalized spacial score (nSPS) is 10.1. The maximum atomic E-state index is 10.8. The van der Waals surface area contributed by atoms with E-state index in [0.717, 1.165) is 0 Å². The highest BCUT2D eigenvalue weighted by molar-refractivity contribution is 7.13. The SMILES string of the molecule is O=C(O)c1ncsc1-c1cccc(O)c1. The highest BCUT2D eigenvalue weighted by Crippen LogP contribution is 2.29. The van der Waals surface area contributed by atoms with Crippen LogP contribution in [-0.4, -0.2) is 21.2 Å². The minimum Gasteiger partial charge on any atom is -0.508 e. The van der Waals surface area contributed by atoms with E-state index < -0.39 is 5.97 Å². The monoisotopic (exact) mass is 221 g/mol. The Hall–Kier alpha value is -1.88. The summed E-state index contributed by atoms with van der Waals surface area (Å²) in [6, 6.07) is 6.45. The summed E-state index contributed by atoms with van der Waals surface area (Å²) >= 11 is 1.24. The van der Waals surface area contributed by atoms with Gasteiger partial charge in [-0.15, -0.1) is 11.3 Å². The van der Waals surface area contributed by atoms with Crippen LogP contribution < -0.4 is 0 Å². The van der Waals surface area contributed by atoms with Crippen LogP contribution in [0.15, 0.2) is 29.8 Å². The molecular formula is C10H7NO3S. The van der Waals surface area contributed by atoms with Crippen LogP contribution in [0.5, 0.6) is 5.75 Å². The van der Waals surface area contributed by atoms with Gasteiger partial charge in [-0.2, -0.15) is 0 Å². The van der Waals surface area contributed by atoms with E-state index in [2.05, 4.69) is 4.98 Å². The van der Waals surface area contributed by atoms with Gasteiger partial charge in [-0.3, -0.25) is 0 Å². The summed E-state index contributed by atoms with van der Waals surface area (Å²) < 4.78 is 0. The maximum Gasteiger partial charge on any atom is 0.356 e. The Balaban J connectivity index is 2.54. The summed E-state index contributed by atoms with van der Waals surface area (Å²) in [6.45, 7) is 0. The molecule has 0 amide bonds. The molecule has 0 aliphatic heterocycles. The Morgan fingerprint density at radius 3 is 2.87 bits per heavy atom. The lowest BCUT2D eigenvalue weighted by Gasteiger charge is -1.99. The quantitative estimate of drug-likeness (QED) is 0.815. The van der Waals surface area contributed by atoms with Gasteiger partial charge < -0.3 is 10.2 Å². The Labute approximate surface area is 89.5 Å². The molecule has 5 heteroatoms. The molecule has 0 saturated heterocycles. The number of aromatic carboxylic acids is 1. The van der Waals surface area contributed by atoms with Crippen LogP contribution in [-0.2, 0) is 0 Å². The van der Waals surface area contributed by atoms with E-state index in [0.29, 0.717) is 10.4 Å². The second-order valence-electron chi connectivity index (χ2n) is 2.89. The van der Waals surface area contributed by atoms with Gasteiger partial charge in [0.2, 0.25) is 0 Å². The van der Waals surface area contributed by atoms with Crippen molar-refractivity contribution in [1.82, 2.24) is 4.98 Å². The van der Waals surface area contributed by atoms with Gasteiger partial charge in [-0.1, -0.05) is 12.1 Å². The summed E-state index contributed by atoms with van der Waals surface area (Å²) in [7, 11) is 0. The Kier molecular flexibility index (Phi) is 2.39. The number of phenols is 1. The van der Waals surface area contributed by atoms with Gasteiger partial charge >= 0.3 is 5.97 Å². The molecule has 0 spiro atoms. The van der Waals surface area contributed by atoms with E-state index in [9.17, 15) is 9.90 Å². The molecule has 2 rings (SSSR count). The summed E-state index contributed by atoms with van der Waals surface area (Å²) in [5.74, 6) is -0.952. The average Bonchev–Trinajstić information content (AvgIpc) is 2.65. The number of carboxylic acids is 1. The highest BCUT2D eigenvalue weighted by Gasteiger charge is 2.14. The fourth-order valence-corrected chi connectivity index (χ4v) is 2.03. The molecule has 0 aliphatic carbocycles. The molecule has 0 unspecified atom stereocenters. The summed E-state index contributed by atoms with van der Waals surface area (Å²) in [6.07, 6.45) is 0. The summed E-state index contributed by atoms with van der Waals surface area (Å²) in [5, 5.41) is 18.1. The van der Waals surface area contributed by atoms with Gasteiger partial charge in [0.05, 0.1) is 10.4 Å². The van der Waals surface area contributed by atoms with E-state index in [-0.39, 0.29) is 11.4 Å². The van der Waals surface area contributed by atoms with Crippen molar-refractivity contribution < 1.29 is 15.0 Å². The topological polar surface area (TPSA) is 70.4 Å². The fraction of sp³-hybridized carbons (Fsp3) is 0. The fourth-order valence-electron chi connectivity index (χ4n) is 1.25. The van der Waals surface area contributed by atoms with E-state index >= 15 is 0 Å². The van der Waals surface area contributed by atoms with Crippen LogP contribution in [0.4, 0.5) is 0 Å². The van der Waals surface area contributed by atoms with Crippen molar-refractivity contribution in [3.05, 3.63) is 35.5 Å². The molecule has 2 N–H and O–H groups in total. The van der Waals surface area contributed by atoms with Gasteiger partial charge in [0.1, 0.15) is 5.75 Å².